The molecule has 0 spiro atoms. The summed E-state index contributed by atoms with van der Waals surface area (Å²) in [5.41, 5.74) is 8.10. The van der Waals surface area contributed by atoms with Gasteiger partial charge in [0.2, 0.25) is 0 Å². The van der Waals surface area contributed by atoms with Crippen LogP contribution in [0.4, 0.5) is 5.69 Å². The quantitative estimate of drug-likeness (QED) is 0.834. The van der Waals surface area contributed by atoms with Gasteiger partial charge in [0.1, 0.15) is 11.9 Å². The lowest BCUT2D eigenvalue weighted by atomic mass is 9.90. The summed E-state index contributed by atoms with van der Waals surface area (Å²) in [4.78, 5) is 0. The fraction of sp³-hybridized carbons (Fsp3) is 0.600. The summed E-state index contributed by atoms with van der Waals surface area (Å²) in [5.74, 6) is 1.45. The number of anilines is 1. The van der Waals surface area contributed by atoms with E-state index >= 15 is 0 Å². The number of nitrogens with two attached hydrogens (primary N) is 1. The van der Waals surface area contributed by atoms with Gasteiger partial charge in [0.15, 0.2) is 0 Å². The van der Waals surface area contributed by atoms with Gasteiger partial charge >= 0.3 is 0 Å². The van der Waals surface area contributed by atoms with Crippen LogP contribution in [0, 0.1) is 0 Å². The van der Waals surface area contributed by atoms with Gasteiger partial charge in [-0.15, -0.1) is 24.8 Å². The summed E-state index contributed by atoms with van der Waals surface area (Å²) < 4.78 is 11.3. The molecule has 2 aliphatic heterocycles. The smallest absolute Gasteiger partial charge is 0.143 e. The Hall–Kier alpha value is -0.680. The largest absolute Gasteiger partial charge is 0.486 e. The van der Waals surface area contributed by atoms with Crippen molar-refractivity contribution < 1.29 is 9.47 Å². The first-order valence-corrected chi connectivity index (χ1v) is 7.17. The molecule has 4 nitrogen and oxygen atoms in total. The Morgan fingerprint density at radius 3 is 2.57 bits per heavy atom. The Bertz CT molecular complexity index is 434. The van der Waals surface area contributed by atoms with E-state index < -0.39 is 0 Å². The molecule has 0 aliphatic carbocycles. The predicted molar refractivity (Wildman–Crippen MR) is 90.0 cm³/mol. The number of ether oxygens (including phenoxy) is 2. The summed E-state index contributed by atoms with van der Waals surface area (Å²) in [6.07, 6.45) is 3.49. The highest BCUT2D eigenvalue weighted by Crippen LogP contribution is 2.32. The second-order valence-corrected chi connectivity index (χ2v) is 5.42. The van der Waals surface area contributed by atoms with Crippen LogP contribution >= 0.6 is 24.8 Å². The van der Waals surface area contributed by atoms with Gasteiger partial charge in [-0.05, 0) is 49.5 Å². The van der Waals surface area contributed by atoms with Gasteiger partial charge in [0, 0.05) is 6.42 Å². The molecule has 1 atom stereocenters. The van der Waals surface area contributed by atoms with Crippen LogP contribution in [-0.2, 0) is 4.74 Å². The van der Waals surface area contributed by atoms with E-state index in [1.54, 1.807) is 0 Å². The van der Waals surface area contributed by atoms with E-state index in [1.165, 1.54) is 18.4 Å². The number of piperidine rings is 1. The molecule has 0 amide bonds. The van der Waals surface area contributed by atoms with Crippen molar-refractivity contribution in [2.24, 2.45) is 0 Å². The van der Waals surface area contributed by atoms with Crippen LogP contribution in [0.25, 0.3) is 0 Å². The third-order valence-electron chi connectivity index (χ3n) is 4.03. The molecule has 0 radical (unpaired) electrons. The van der Waals surface area contributed by atoms with Gasteiger partial charge in [-0.25, -0.2) is 0 Å². The lowest BCUT2D eigenvalue weighted by Crippen LogP contribution is -2.26. The normalized spacial score (nSPS) is 22.2. The molecule has 0 saturated carbocycles. The Labute approximate surface area is 138 Å². The zero-order chi connectivity index (χ0) is 13.1. The van der Waals surface area contributed by atoms with E-state index in [9.17, 15) is 0 Å². The molecule has 2 fully saturated rings. The highest BCUT2D eigenvalue weighted by atomic mass is 35.5. The molecule has 21 heavy (non-hydrogen) atoms. The van der Waals surface area contributed by atoms with Crippen molar-refractivity contribution in [1.29, 1.82) is 0 Å². The topological polar surface area (TPSA) is 56.5 Å². The third-order valence-corrected chi connectivity index (χ3v) is 4.03. The summed E-state index contributed by atoms with van der Waals surface area (Å²) >= 11 is 0. The van der Waals surface area contributed by atoms with Crippen molar-refractivity contribution in [1.82, 2.24) is 5.32 Å². The lowest BCUT2D eigenvalue weighted by molar-refractivity contribution is 0.142. The number of benzene rings is 1. The van der Waals surface area contributed by atoms with Gasteiger partial charge in [-0.3, -0.25) is 0 Å². The molecule has 0 aromatic heterocycles. The van der Waals surface area contributed by atoms with Crippen molar-refractivity contribution >= 4 is 30.5 Å². The molecule has 3 N–H and O–H groups in total. The van der Waals surface area contributed by atoms with E-state index in [1.807, 2.05) is 6.07 Å². The SMILES string of the molecule is Cl.Cl.Nc1ccc(C2CCNCC2)cc1OC1CCOC1. The van der Waals surface area contributed by atoms with E-state index in [0.717, 1.165) is 37.6 Å². The Morgan fingerprint density at radius 2 is 1.90 bits per heavy atom. The first-order chi connectivity index (χ1) is 9.33. The molecule has 6 heteroatoms. The second kappa shape index (κ2) is 8.69. The minimum Gasteiger partial charge on any atom is -0.486 e. The van der Waals surface area contributed by atoms with E-state index in [2.05, 4.69) is 17.4 Å². The predicted octanol–water partition coefficient (Wildman–Crippen LogP) is 2.75. The highest BCUT2D eigenvalue weighted by molar-refractivity contribution is 5.85. The van der Waals surface area contributed by atoms with Crippen LogP contribution in [0.2, 0.25) is 0 Å². The van der Waals surface area contributed by atoms with Crippen molar-refractivity contribution in [3.63, 3.8) is 0 Å². The minimum absolute atomic E-state index is 0. The van der Waals surface area contributed by atoms with Gasteiger partial charge < -0.3 is 20.5 Å². The molecular weight excluding hydrogens is 311 g/mol. The molecular formula is C15H24Cl2N2O2. The van der Waals surface area contributed by atoms with Crippen LogP contribution < -0.4 is 15.8 Å². The summed E-state index contributed by atoms with van der Waals surface area (Å²) in [5, 5.41) is 3.40. The maximum atomic E-state index is 6.02. The molecule has 2 heterocycles. The van der Waals surface area contributed by atoms with Gasteiger partial charge in [-0.1, -0.05) is 6.07 Å². The number of rotatable bonds is 3. The average Bonchev–Trinajstić information content (AvgIpc) is 2.95. The number of nitrogens with one attached hydrogen (secondary N) is 1. The molecule has 120 valence electrons. The van der Waals surface area contributed by atoms with E-state index in [-0.39, 0.29) is 30.9 Å². The fourth-order valence-corrected chi connectivity index (χ4v) is 2.85. The minimum atomic E-state index is 0. The maximum absolute atomic E-state index is 6.02. The summed E-state index contributed by atoms with van der Waals surface area (Å²) in [7, 11) is 0. The zero-order valence-corrected chi connectivity index (χ0v) is 13.7. The van der Waals surface area contributed by atoms with Crippen LogP contribution in [-0.4, -0.2) is 32.4 Å². The average molecular weight is 335 g/mol. The maximum Gasteiger partial charge on any atom is 0.143 e. The Balaban J connectivity index is 0.00000110. The Kier molecular flexibility index (Phi) is 7.60. The first kappa shape index (κ1) is 18.4. The van der Waals surface area contributed by atoms with E-state index in [0.29, 0.717) is 12.5 Å². The molecule has 0 bridgehead atoms. The number of halogens is 2. The van der Waals surface area contributed by atoms with Gasteiger partial charge in [0.25, 0.3) is 0 Å². The monoisotopic (exact) mass is 334 g/mol. The van der Waals surface area contributed by atoms with Crippen molar-refractivity contribution in [2.45, 2.75) is 31.3 Å². The molecule has 1 aromatic carbocycles. The van der Waals surface area contributed by atoms with Crippen LogP contribution in [0.3, 0.4) is 0 Å². The third kappa shape index (κ3) is 4.65. The molecule has 1 unspecified atom stereocenters. The van der Waals surface area contributed by atoms with Gasteiger partial charge in [-0.2, -0.15) is 0 Å². The molecule has 2 saturated heterocycles. The zero-order valence-electron chi connectivity index (χ0n) is 12.0. The molecule has 3 rings (SSSR count). The van der Waals surface area contributed by atoms with Crippen LogP contribution in [0.1, 0.15) is 30.7 Å². The van der Waals surface area contributed by atoms with E-state index in [4.69, 9.17) is 15.2 Å². The Morgan fingerprint density at radius 1 is 1.14 bits per heavy atom. The van der Waals surface area contributed by atoms with Crippen LogP contribution in [0.15, 0.2) is 18.2 Å². The van der Waals surface area contributed by atoms with Crippen molar-refractivity contribution in [3.05, 3.63) is 23.8 Å². The second-order valence-electron chi connectivity index (χ2n) is 5.42. The van der Waals surface area contributed by atoms with Gasteiger partial charge in [0.05, 0.1) is 18.9 Å². The lowest BCUT2D eigenvalue weighted by Gasteiger charge is -2.24. The summed E-state index contributed by atoms with van der Waals surface area (Å²) in [6, 6.07) is 6.25. The standard InChI is InChI=1S/C15H22N2O2.2ClH/c16-14-2-1-12(11-3-6-17-7-4-11)9-15(14)19-13-5-8-18-10-13;;/h1-2,9,11,13,17H,3-8,10,16H2;2*1H. The molecule has 1 aromatic rings. The fourth-order valence-electron chi connectivity index (χ4n) is 2.85. The van der Waals surface area contributed by atoms with Crippen LogP contribution in [0.5, 0.6) is 5.75 Å². The number of nitrogen functional groups attached to an aromatic ring is 1. The highest BCUT2D eigenvalue weighted by Gasteiger charge is 2.20. The van der Waals surface area contributed by atoms with Crippen molar-refractivity contribution in [3.8, 4) is 5.75 Å². The number of hydrogen-bond acceptors (Lipinski definition) is 4. The van der Waals surface area contributed by atoms with Crippen molar-refractivity contribution in [2.75, 3.05) is 32.0 Å². The first-order valence-electron chi connectivity index (χ1n) is 7.17. The number of hydrogen-bond donors (Lipinski definition) is 2. The molecule has 2 aliphatic rings. The summed E-state index contributed by atoms with van der Waals surface area (Å²) in [6.45, 7) is 3.67.